The highest BCUT2D eigenvalue weighted by molar-refractivity contribution is 9.10. The van der Waals surface area contributed by atoms with Gasteiger partial charge in [0.1, 0.15) is 5.82 Å². The molecule has 2 N–H and O–H groups in total. The molecule has 0 amide bonds. The second kappa shape index (κ2) is 7.82. The van der Waals surface area contributed by atoms with Crippen molar-refractivity contribution < 1.29 is 0 Å². The van der Waals surface area contributed by atoms with Gasteiger partial charge in [0.25, 0.3) is 0 Å². The average molecular weight is 327 g/mol. The van der Waals surface area contributed by atoms with Crippen LogP contribution in [0.25, 0.3) is 0 Å². The molecule has 0 spiro atoms. The van der Waals surface area contributed by atoms with Crippen molar-refractivity contribution in [3.63, 3.8) is 0 Å². The summed E-state index contributed by atoms with van der Waals surface area (Å²) in [5.41, 5.74) is 5.51. The maximum absolute atomic E-state index is 5.51. The molecule has 2 rings (SSSR count). The molecular weight excluding hydrogens is 304 g/mol. The van der Waals surface area contributed by atoms with Gasteiger partial charge < -0.3 is 10.6 Å². The number of piperazine rings is 1. The molecular formula is C14H23BrN4. The summed E-state index contributed by atoms with van der Waals surface area (Å²) in [5.74, 6) is 1.09. The van der Waals surface area contributed by atoms with Crippen LogP contribution in [0, 0.1) is 0 Å². The van der Waals surface area contributed by atoms with E-state index in [4.69, 9.17) is 5.73 Å². The third kappa shape index (κ3) is 4.75. The molecule has 19 heavy (non-hydrogen) atoms. The van der Waals surface area contributed by atoms with E-state index in [-0.39, 0.29) is 0 Å². The van der Waals surface area contributed by atoms with E-state index in [1.807, 2.05) is 6.20 Å². The largest absolute Gasteiger partial charge is 0.354 e. The highest BCUT2D eigenvalue weighted by atomic mass is 79.9. The van der Waals surface area contributed by atoms with Crippen LogP contribution in [0.4, 0.5) is 5.82 Å². The zero-order chi connectivity index (χ0) is 13.5. The number of anilines is 1. The Morgan fingerprint density at radius 3 is 2.53 bits per heavy atom. The number of nitrogens with zero attached hydrogens (tertiary/aromatic N) is 3. The summed E-state index contributed by atoms with van der Waals surface area (Å²) in [4.78, 5) is 9.37. The zero-order valence-corrected chi connectivity index (χ0v) is 13.0. The van der Waals surface area contributed by atoms with E-state index < -0.39 is 0 Å². The first kappa shape index (κ1) is 14.8. The summed E-state index contributed by atoms with van der Waals surface area (Å²) in [6, 6.07) is 4.14. The van der Waals surface area contributed by atoms with Gasteiger partial charge in [-0.2, -0.15) is 0 Å². The summed E-state index contributed by atoms with van der Waals surface area (Å²) < 4.78 is 1.04. The van der Waals surface area contributed by atoms with Gasteiger partial charge in [-0.25, -0.2) is 4.98 Å². The fourth-order valence-electron chi connectivity index (χ4n) is 2.41. The molecule has 0 aliphatic carbocycles. The van der Waals surface area contributed by atoms with Crippen LogP contribution in [0.5, 0.6) is 0 Å². The van der Waals surface area contributed by atoms with Gasteiger partial charge in [-0.1, -0.05) is 6.42 Å². The van der Waals surface area contributed by atoms with Crippen molar-refractivity contribution in [3.05, 3.63) is 22.8 Å². The van der Waals surface area contributed by atoms with Crippen LogP contribution in [-0.2, 0) is 0 Å². The van der Waals surface area contributed by atoms with Crippen LogP contribution in [0.15, 0.2) is 22.8 Å². The lowest BCUT2D eigenvalue weighted by Crippen LogP contribution is -2.46. The minimum Gasteiger partial charge on any atom is -0.354 e. The van der Waals surface area contributed by atoms with Crippen LogP contribution < -0.4 is 10.6 Å². The third-order valence-electron chi connectivity index (χ3n) is 3.59. The van der Waals surface area contributed by atoms with E-state index in [9.17, 15) is 0 Å². The average Bonchev–Trinajstić information content (AvgIpc) is 2.45. The molecule has 1 aromatic rings. The molecule has 0 aromatic carbocycles. The molecule has 2 heterocycles. The predicted octanol–water partition coefficient (Wildman–Crippen LogP) is 2.10. The zero-order valence-electron chi connectivity index (χ0n) is 11.4. The number of aromatic nitrogens is 1. The Bertz CT molecular complexity index is 360. The number of nitrogens with two attached hydrogens (primary N) is 1. The lowest BCUT2D eigenvalue weighted by atomic mass is 10.2. The Kier molecular flexibility index (Phi) is 6.07. The van der Waals surface area contributed by atoms with E-state index in [0.29, 0.717) is 0 Å². The summed E-state index contributed by atoms with van der Waals surface area (Å²) in [7, 11) is 0. The quantitative estimate of drug-likeness (QED) is 0.813. The molecule has 0 atom stereocenters. The van der Waals surface area contributed by atoms with E-state index in [0.717, 1.165) is 49.4 Å². The maximum atomic E-state index is 5.51. The van der Waals surface area contributed by atoms with Crippen molar-refractivity contribution >= 4 is 21.7 Å². The van der Waals surface area contributed by atoms with E-state index in [2.05, 4.69) is 42.8 Å². The van der Waals surface area contributed by atoms with Crippen molar-refractivity contribution in [2.75, 3.05) is 44.2 Å². The molecule has 1 aliphatic heterocycles. The monoisotopic (exact) mass is 326 g/mol. The van der Waals surface area contributed by atoms with Crippen LogP contribution >= 0.6 is 15.9 Å². The first-order chi connectivity index (χ1) is 9.29. The van der Waals surface area contributed by atoms with Gasteiger partial charge in [0.05, 0.1) is 0 Å². The Hall–Kier alpha value is -0.650. The molecule has 0 radical (unpaired) electrons. The SMILES string of the molecule is NCCCCCN1CCN(c2ccc(Br)cn2)CC1. The van der Waals surface area contributed by atoms with Crippen LogP contribution in [-0.4, -0.2) is 49.2 Å². The van der Waals surface area contributed by atoms with Crippen LogP contribution in [0.1, 0.15) is 19.3 Å². The Morgan fingerprint density at radius 1 is 1.11 bits per heavy atom. The fourth-order valence-corrected chi connectivity index (χ4v) is 2.65. The second-order valence-electron chi connectivity index (χ2n) is 5.01. The van der Waals surface area contributed by atoms with Gasteiger partial charge in [-0.15, -0.1) is 0 Å². The topological polar surface area (TPSA) is 45.4 Å². The number of rotatable bonds is 6. The number of hydrogen-bond acceptors (Lipinski definition) is 4. The molecule has 0 unspecified atom stereocenters. The van der Waals surface area contributed by atoms with Gasteiger partial charge in [0.2, 0.25) is 0 Å². The molecule has 1 aromatic heterocycles. The number of hydrogen-bond donors (Lipinski definition) is 1. The predicted molar refractivity (Wildman–Crippen MR) is 83.5 cm³/mol. The van der Waals surface area contributed by atoms with Gasteiger partial charge in [0, 0.05) is 36.8 Å². The van der Waals surface area contributed by atoms with Crippen LogP contribution in [0.3, 0.4) is 0 Å². The van der Waals surface area contributed by atoms with E-state index in [1.165, 1.54) is 19.4 Å². The molecule has 5 heteroatoms. The van der Waals surface area contributed by atoms with E-state index >= 15 is 0 Å². The fraction of sp³-hybridized carbons (Fsp3) is 0.643. The van der Waals surface area contributed by atoms with Gasteiger partial charge in [-0.05, 0) is 54.0 Å². The first-order valence-corrected chi connectivity index (χ1v) is 7.88. The minimum atomic E-state index is 0.822. The lowest BCUT2D eigenvalue weighted by Gasteiger charge is -2.35. The molecule has 1 aliphatic rings. The Labute approximate surface area is 124 Å². The summed E-state index contributed by atoms with van der Waals surface area (Å²) in [6.45, 7) is 6.46. The van der Waals surface area contributed by atoms with Crippen molar-refractivity contribution in [2.45, 2.75) is 19.3 Å². The lowest BCUT2D eigenvalue weighted by molar-refractivity contribution is 0.252. The van der Waals surface area contributed by atoms with Crippen molar-refractivity contribution in [2.24, 2.45) is 5.73 Å². The number of unbranched alkanes of at least 4 members (excludes halogenated alkanes) is 2. The maximum Gasteiger partial charge on any atom is 0.128 e. The third-order valence-corrected chi connectivity index (χ3v) is 4.06. The molecule has 1 fully saturated rings. The highest BCUT2D eigenvalue weighted by Crippen LogP contribution is 2.16. The highest BCUT2D eigenvalue weighted by Gasteiger charge is 2.17. The Morgan fingerprint density at radius 2 is 1.89 bits per heavy atom. The Balaban J connectivity index is 1.71. The van der Waals surface area contributed by atoms with Gasteiger partial charge in [-0.3, -0.25) is 4.90 Å². The standard InChI is InChI=1S/C14H23BrN4/c15-13-4-5-14(17-12-13)19-10-8-18(9-11-19)7-3-1-2-6-16/h4-5,12H,1-3,6-11,16H2. The van der Waals surface area contributed by atoms with Crippen molar-refractivity contribution in [1.29, 1.82) is 0 Å². The molecule has 106 valence electrons. The summed E-state index contributed by atoms with van der Waals surface area (Å²) >= 11 is 3.42. The molecule has 0 bridgehead atoms. The first-order valence-electron chi connectivity index (χ1n) is 7.08. The molecule has 4 nitrogen and oxygen atoms in total. The second-order valence-corrected chi connectivity index (χ2v) is 5.93. The number of pyridine rings is 1. The number of halogens is 1. The summed E-state index contributed by atoms with van der Waals surface area (Å²) in [6.07, 6.45) is 5.55. The molecule has 0 saturated carbocycles. The normalized spacial score (nSPS) is 16.8. The smallest absolute Gasteiger partial charge is 0.128 e. The van der Waals surface area contributed by atoms with Crippen molar-refractivity contribution in [1.82, 2.24) is 9.88 Å². The van der Waals surface area contributed by atoms with E-state index in [1.54, 1.807) is 0 Å². The van der Waals surface area contributed by atoms with Gasteiger partial charge >= 0.3 is 0 Å². The van der Waals surface area contributed by atoms with Crippen molar-refractivity contribution in [3.8, 4) is 0 Å². The van der Waals surface area contributed by atoms with Crippen LogP contribution in [0.2, 0.25) is 0 Å². The van der Waals surface area contributed by atoms with Gasteiger partial charge in [0.15, 0.2) is 0 Å². The molecule has 1 saturated heterocycles. The summed E-state index contributed by atoms with van der Waals surface area (Å²) in [5, 5.41) is 0. The minimum absolute atomic E-state index is 0.822.